The maximum atomic E-state index is 13.2. The number of thiocarbonyl (C=S) groups is 1. The molecule has 0 atom stereocenters. The van der Waals surface area contributed by atoms with Gasteiger partial charge in [-0.15, -0.1) is 0 Å². The van der Waals surface area contributed by atoms with Crippen LogP contribution in [0.2, 0.25) is 0 Å². The highest BCUT2D eigenvalue weighted by Gasteiger charge is 2.44. The molecule has 2 fully saturated rings. The van der Waals surface area contributed by atoms with Crippen molar-refractivity contribution < 1.29 is 14.4 Å². The molecule has 2 heterocycles. The van der Waals surface area contributed by atoms with E-state index < -0.39 is 5.91 Å². The highest BCUT2D eigenvalue weighted by molar-refractivity contribution is 8.26. The summed E-state index contributed by atoms with van der Waals surface area (Å²) in [4.78, 5) is 41.0. The van der Waals surface area contributed by atoms with Gasteiger partial charge in [0.2, 0.25) is 5.91 Å². The smallest absolute Gasteiger partial charge is 0.267 e. The Morgan fingerprint density at radius 1 is 1.15 bits per heavy atom. The molecule has 2 aliphatic heterocycles. The van der Waals surface area contributed by atoms with Crippen LogP contribution in [0.5, 0.6) is 0 Å². The first-order valence-corrected chi connectivity index (χ1v) is 10.2. The second kappa shape index (κ2) is 7.09. The number of rotatable bonds is 3. The van der Waals surface area contributed by atoms with Gasteiger partial charge in [0.05, 0.1) is 16.2 Å². The predicted octanol–water partition coefficient (Wildman–Crippen LogP) is 2.42. The van der Waals surface area contributed by atoms with Gasteiger partial charge in [-0.05, 0) is 18.9 Å². The molecule has 3 amide bonds. The second-order valence-corrected chi connectivity index (χ2v) is 8.56. The van der Waals surface area contributed by atoms with Gasteiger partial charge in [-0.25, -0.2) is 0 Å². The normalized spacial score (nSPS) is 23.3. The van der Waals surface area contributed by atoms with E-state index in [9.17, 15) is 14.4 Å². The van der Waals surface area contributed by atoms with Gasteiger partial charge < -0.3 is 5.73 Å². The van der Waals surface area contributed by atoms with E-state index in [0.717, 1.165) is 25.7 Å². The topological polar surface area (TPSA) is 83.7 Å². The third-order valence-corrected chi connectivity index (χ3v) is 6.60. The third-order valence-electron chi connectivity index (χ3n) is 5.20. The van der Waals surface area contributed by atoms with Crippen LogP contribution < -0.4 is 10.6 Å². The zero-order valence-electron chi connectivity index (χ0n) is 14.6. The summed E-state index contributed by atoms with van der Waals surface area (Å²) in [6.07, 6.45) is 5.23. The number of amides is 3. The van der Waals surface area contributed by atoms with Crippen LogP contribution in [-0.2, 0) is 14.4 Å². The largest absolute Gasteiger partial charge is 0.368 e. The minimum atomic E-state index is -0.603. The summed E-state index contributed by atoms with van der Waals surface area (Å²) in [5, 5.41) is 0. The van der Waals surface area contributed by atoms with Gasteiger partial charge in [-0.1, -0.05) is 61.4 Å². The number of carbonyl (C=O) groups is 3. The molecule has 3 aliphatic rings. The van der Waals surface area contributed by atoms with E-state index in [1.165, 1.54) is 23.1 Å². The molecule has 0 unspecified atom stereocenters. The van der Waals surface area contributed by atoms with Crippen molar-refractivity contribution in [1.82, 2.24) is 4.90 Å². The van der Waals surface area contributed by atoms with Crippen LogP contribution in [0.15, 0.2) is 29.2 Å². The third kappa shape index (κ3) is 3.06. The number of benzene rings is 1. The van der Waals surface area contributed by atoms with E-state index >= 15 is 0 Å². The van der Waals surface area contributed by atoms with Crippen molar-refractivity contribution in [3.05, 3.63) is 34.7 Å². The second-order valence-electron chi connectivity index (χ2n) is 6.91. The van der Waals surface area contributed by atoms with Crippen molar-refractivity contribution >= 4 is 57.3 Å². The fraction of sp³-hybridized carbons (Fsp3) is 0.368. The number of primary amides is 1. The average Bonchev–Trinajstić information content (AvgIpc) is 3.09. The SMILES string of the molecule is NC(=O)CN1C(=O)/C(=C2/SC(=S)N(C3CCCCC3)C2=O)c2ccccc21. The first-order valence-electron chi connectivity index (χ1n) is 8.98. The fourth-order valence-corrected chi connectivity index (χ4v) is 5.47. The number of nitrogens with zero attached hydrogens (tertiary/aromatic N) is 2. The van der Waals surface area contributed by atoms with Crippen LogP contribution in [-0.4, -0.2) is 39.5 Å². The lowest BCUT2D eigenvalue weighted by Crippen LogP contribution is -2.40. The molecule has 0 bridgehead atoms. The summed E-state index contributed by atoms with van der Waals surface area (Å²) in [6, 6.07) is 7.25. The molecule has 0 spiro atoms. The summed E-state index contributed by atoms with van der Waals surface area (Å²) in [6.45, 7) is -0.220. The molecule has 1 aliphatic carbocycles. The average molecular weight is 402 g/mol. The van der Waals surface area contributed by atoms with E-state index in [1.807, 2.05) is 6.07 Å². The Hall–Kier alpha value is -2.19. The first kappa shape index (κ1) is 18.2. The van der Waals surface area contributed by atoms with E-state index in [2.05, 4.69) is 0 Å². The Kier molecular flexibility index (Phi) is 4.77. The molecule has 6 nitrogen and oxygen atoms in total. The zero-order valence-corrected chi connectivity index (χ0v) is 16.3. The van der Waals surface area contributed by atoms with Crippen molar-refractivity contribution in [2.75, 3.05) is 11.4 Å². The molecule has 27 heavy (non-hydrogen) atoms. The van der Waals surface area contributed by atoms with Gasteiger partial charge in [0.25, 0.3) is 11.8 Å². The highest BCUT2D eigenvalue weighted by Crippen LogP contribution is 2.45. The van der Waals surface area contributed by atoms with Crippen molar-refractivity contribution in [3.8, 4) is 0 Å². The summed E-state index contributed by atoms with van der Waals surface area (Å²) in [7, 11) is 0. The van der Waals surface area contributed by atoms with E-state index in [0.29, 0.717) is 26.0 Å². The van der Waals surface area contributed by atoms with Gasteiger partial charge in [-0.2, -0.15) is 0 Å². The monoisotopic (exact) mass is 401 g/mol. The van der Waals surface area contributed by atoms with Crippen molar-refractivity contribution in [2.24, 2.45) is 5.73 Å². The molecule has 140 valence electrons. The van der Waals surface area contributed by atoms with Crippen molar-refractivity contribution in [1.29, 1.82) is 0 Å². The molecule has 2 N–H and O–H groups in total. The molecule has 8 heteroatoms. The number of anilines is 1. The van der Waals surface area contributed by atoms with Crippen LogP contribution in [0.1, 0.15) is 37.7 Å². The predicted molar refractivity (Wildman–Crippen MR) is 109 cm³/mol. The summed E-state index contributed by atoms with van der Waals surface area (Å²) < 4.78 is 0.507. The van der Waals surface area contributed by atoms with Crippen molar-refractivity contribution in [3.63, 3.8) is 0 Å². The first-order chi connectivity index (χ1) is 13.0. The van der Waals surface area contributed by atoms with Gasteiger partial charge in [-0.3, -0.25) is 24.2 Å². The summed E-state index contributed by atoms with van der Waals surface area (Å²) in [5.41, 5.74) is 6.87. The van der Waals surface area contributed by atoms with Gasteiger partial charge in [0.15, 0.2) is 0 Å². The number of hydrogen-bond donors (Lipinski definition) is 1. The summed E-state index contributed by atoms with van der Waals surface area (Å²) in [5.74, 6) is -1.18. The number of hydrogen-bond acceptors (Lipinski definition) is 5. The number of fused-ring (bicyclic) bond motifs is 1. The number of nitrogens with two attached hydrogens (primary N) is 1. The van der Waals surface area contributed by atoms with E-state index in [4.69, 9.17) is 18.0 Å². The van der Waals surface area contributed by atoms with Crippen LogP contribution in [0.4, 0.5) is 5.69 Å². The Morgan fingerprint density at radius 3 is 2.56 bits per heavy atom. The minimum absolute atomic E-state index is 0.109. The van der Waals surface area contributed by atoms with Crippen LogP contribution in [0, 0.1) is 0 Å². The fourth-order valence-electron chi connectivity index (χ4n) is 4.00. The van der Waals surface area contributed by atoms with Crippen LogP contribution in [0.25, 0.3) is 5.57 Å². The van der Waals surface area contributed by atoms with Crippen molar-refractivity contribution in [2.45, 2.75) is 38.1 Å². The molecule has 1 aromatic carbocycles. The lowest BCUT2D eigenvalue weighted by Gasteiger charge is -2.29. The Labute approximate surface area is 166 Å². The maximum absolute atomic E-state index is 13.2. The molecule has 1 aromatic rings. The molecule has 0 aromatic heterocycles. The van der Waals surface area contributed by atoms with E-state index in [-0.39, 0.29) is 24.4 Å². The lowest BCUT2D eigenvalue weighted by atomic mass is 9.94. The standard InChI is InChI=1S/C19H19N3O3S2/c20-14(23)10-21-13-9-5-4-8-12(13)15(17(21)24)16-18(25)22(19(26)27-16)11-6-2-1-3-7-11/h4-5,8-9,11H,1-3,6-7,10H2,(H2,20,23)/b16-15+. The quantitative estimate of drug-likeness (QED) is 0.621. The molecule has 0 radical (unpaired) electrons. The molecule has 1 saturated carbocycles. The number of thioether (sulfide) groups is 1. The molecule has 4 rings (SSSR count). The Bertz CT molecular complexity index is 890. The molecule has 1 saturated heterocycles. The molecular formula is C19H19N3O3S2. The number of para-hydroxylation sites is 1. The van der Waals surface area contributed by atoms with Gasteiger partial charge in [0, 0.05) is 11.6 Å². The minimum Gasteiger partial charge on any atom is -0.368 e. The van der Waals surface area contributed by atoms with Crippen LogP contribution in [0.3, 0.4) is 0 Å². The highest BCUT2D eigenvalue weighted by atomic mass is 32.2. The van der Waals surface area contributed by atoms with Gasteiger partial charge >= 0.3 is 0 Å². The van der Waals surface area contributed by atoms with E-state index in [1.54, 1.807) is 23.1 Å². The molecular weight excluding hydrogens is 382 g/mol. The number of carbonyl (C=O) groups excluding carboxylic acids is 3. The van der Waals surface area contributed by atoms with Gasteiger partial charge in [0.1, 0.15) is 10.9 Å². The summed E-state index contributed by atoms with van der Waals surface area (Å²) >= 11 is 6.67. The Balaban J connectivity index is 1.76. The van der Waals surface area contributed by atoms with Crippen LogP contribution >= 0.6 is 24.0 Å². The zero-order chi connectivity index (χ0) is 19.1. The lowest BCUT2D eigenvalue weighted by molar-refractivity contribution is -0.124. The maximum Gasteiger partial charge on any atom is 0.267 e. The Morgan fingerprint density at radius 2 is 1.85 bits per heavy atom.